The maximum atomic E-state index is 15.0. The Morgan fingerprint density at radius 1 is 1.16 bits per heavy atom. The van der Waals surface area contributed by atoms with Crippen LogP contribution in [0.4, 0.5) is 5.69 Å². The fourth-order valence-corrected chi connectivity index (χ4v) is 7.53. The fourth-order valence-electron chi connectivity index (χ4n) is 7.53. The van der Waals surface area contributed by atoms with Crippen molar-refractivity contribution in [3.05, 3.63) is 17.7 Å². The summed E-state index contributed by atoms with van der Waals surface area (Å²) in [7, 11) is 6.36. The lowest BCUT2D eigenvalue weighted by atomic mass is 9.55. The van der Waals surface area contributed by atoms with Crippen molar-refractivity contribution < 1.29 is 42.8 Å². The van der Waals surface area contributed by atoms with Crippen molar-refractivity contribution in [3.63, 3.8) is 0 Å². The van der Waals surface area contributed by atoms with E-state index in [0.29, 0.717) is 42.9 Å². The van der Waals surface area contributed by atoms with Gasteiger partial charge in [-0.25, -0.2) is 0 Å². The largest absolute Gasteiger partial charge is 0.493 e. The molecular formula is C26H32N2O9. The average molecular weight is 517 g/mol. The summed E-state index contributed by atoms with van der Waals surface area (Å²) in [5.74, 6) is -3.03. The number of fused-ring (bicyclic) bond motifs is 2. The molecule has 11 heteroatoms. The Morgan fingerprint density at radius 2 is 1.92 bits per heavy atom. The molecule has 1 aromatic carbocycles. The third kappa shape index (κ3) is 2.72. The molecule has 200 valence electrons. The number of benzene rings is 1. The van der Waals surface area contributed by atoms with E-state index >= 15 is 0 Å². The minimum Gasteiger partial charge on any atom is -0.493 e. The Balaban J connectivity index is 1.75. The van der Waals surface area contributed by atoms with Gasteiger partial charge in [-0.1, -0.05) is 6.07 Å². The van der Waals surface area contributed by atoms with Crippen molar-refractivity contribution >= 4 is 23.3 Å². The summed E-state index contributed by atoms with van der Waals surface area (Å²) in [4.78, 5) is 45.6. The van der Waals surface area contributed by atoms with Gasteiger partial charge in [-0.05, 0) is 51.5 Å². The van der Waals surface area contributed by atoms with Gasteiger partial charge in [0.15, 0.2) is 23.1 Å². The lowest BCUT2D eigenvalue weighted by Crippen LogP contribution is -2.76. The highest BCUT2D eigenvalue weighted by molar-refractivity contribution is 6.11. The van der Waals surface area contributed by atoms with Gasteiger partial charge in [0.2, 0.25) is 5.72 Å². The van der Waals surface area contributed by atoms with E-state index < -0.39 is 47.1 Å². The van der Waals surface area contributed by atoms with Crippen molar-refractivity contribution in [1.29, 1.82) is 0 Å². The fraction of sp³-hybridized carbons (Fsp3) is 0.654. The topological polar surface area (TPSA) is 113 Å². The summed E-state index contributed by atoms with van der Waals surface area (Å²) in [5, 5.41) is 0. The SMILES string of the molecule is COc1ccc2c3c1O[C@H](OC)C(=O)N3[C@]1(OC(C)=O)[C@@H]3O[C@@](C)(OC)[C@@H]4C(=O)[C@]21CCN(C)CC[C@@H]43. The lowest BCUT2D eigenvalue weighted by molar-refractivity contribution is -0.243. The summed E-state index contributed by atoms with van der Waals surface area (Å²) < 4.78 is 35.7. The van der Waals surface area contributed by atoms with Crippen LogP contribution in [0.1, 0.15) is 32.3 Å². The second-order valence-corrected chi connectivity index (χ2v) is 10.7. The number of carbonyl (C=O) groups is 3. The number of anilines is 1. The lowest BCUT2D eigenvalue weighted by Gasteiger charge is -2.54. The van der Waals surface area contributed by atoms with E-state index in [9.17, 15) is 14.4 Å². The van der Waals surface area contributed by atoms with Crippen molar-refractivity contribution in [2.75, 3.05) is 46.4 Å². The molecule has 37 heavy (non-hydrogen) atoms. The van der Waals surface area contributed by atoms with Crippen LogP contribution in [0.15, 0.2) is 12.1 Å². The number of Topliss-reactive ketones (excluding diaryl/α,β-unsaturated/α-hetero) is 1. The van der Waals surface area contributed by atoms with Crippen molar-refractivity contribution in [3.8, 4) is 11.5 Å². The predicted octanol–water partition coefficient (Wildman–Crippen LogP) is 1.21. The molecule has 0 radical (unpaired) electrons. The molecule has 4 aliphatic heterocycles. The van der Waals surface area contributed by atoms with Crippen molar-refractivity contribution in [1.82, 2.24) is 4.90 Å². The van der Waals surface area contributed by atoms with Crippen LogP contribution in [-0.2, 0) is 38.7 Å². The molecule has 5 aliphatic rings. The number of amides is 1. The number of ketones is 1. The summed E-state index contributed by atoms with van der Waals surface area (Å²) in [5.41, 5.74) is -2.34. The number of hydrogen-bond donors (Lipinski definition) is 0. The van der Waals surface area contributed by atoms with E-state index in [1.807, 2.05) is 7.05 Å². The van der Waals surface area contributed by atoms with Gasteiger partial charge >= 0.3 is 5.97 Å². The van der Waals surface area contributed by atoms with E-state index in [-0.39, 0.29) is 17.5 Å². The second kappa shape index (κ2) is 7.89. The highest BCUT2D eigenvalue weighted by Crippen LogP contribution is 2.70. The molecule has 11 nitrogen and oxygen atoms in total. The van der Waals surface area contributed by atoms with Gasteiger partial charge in [-0.2, -0.15) is 0 Å². The molecule has 0 N–H and O–H groups in total. The summed E-state index contributed by atoms with van der Waals surface area (Å²) in [6.45, 7) is 4.27. The highest BCUT2D eigenvalue weighted by Gasteiger charge is 2.84. The number of methoxy groups -OCH3 is 3. The first-order chi connectivity index (χ1) is 17.6. The van der Waals surface area contributed by atoms with Crippen LogP contribution in [0.3, 0.4) is 0 Å². The van der Waals surface area contributed by atoms with E-state index in [1.54, 1.807) is 19.1 Å². The molecule has 2 saturated heterocycles. The number of esters is 1. The molecule has 3 fully saturated rings. The van der Waals surface area contributed by atoms with Gasteiger partial charge in [-0.15, -0.1) is 0 Å². The van der Waals surface area contributed by atoms with Gasteiger partial charge in [0.1, 0.15) is 11.5 Å². The first kappa shape index (κ1) is 24.6. The molecule has 1 aliphatic carbocycles. The van der Waals surface area contributed by atoms with Crippen molar-refractivity contribution in [2.24, 2.45) is 11.8 Å². The zero-order valence-corrected chi connectivity index (χ0v) is 21.9. The summed E-state index contributed by atoms with van der Waals surface area (Å²) >= 11 is 0. The Kier molecular flexibility index (Phi) is 5.24. The number of carbonyl (C=O) groups excluding carboxylic acids is 3. The van der Waals surface area contributed by atoms with Crippen LogP contribution >= 0.6 is 0 Å². The first-order valence-electron chi connectivity index (χ1n) is 12.5. The van der Waals surface area contributed by atoms with Gasteiger partial charge < -0.3 is 33.3 Å². The second-order valence-electron chi connectivity index (χ2n) is 10.7. The van der Waals surface area contributed by atoms with E-state index in [4.69, 9.17) is 28.4 Å². The van der Waals surface area contributed by atoms with Crippen LogP contribution in [0.5, 0.6) is 11.5 Å². The molecule has 7 atom stereocenters. The molecule has 1 amide bonds. The maximum absolute atomic E-state index is 15.0. The minimum atomic E-state index is -1.81. The minimum absolute atomic E-state index is 0.171. The van der Waals surface area contributed by atoms with Gasteiger partial charge in [0.25, 0.3) is 12.2 Å². The standard InChI is InChI=1S/C26H32N2O9/c1-13(29)36-26-21-14-9-11-27(3)12-10-25(26,20(30)17(14)24(2,34-6)37-21)15-7-8-16(32-4)19-18(15)28(26)22(31)23(33-5)35-19/h7-8,14,17,21,23H,9-12H2,1-6H3/t14-,17-,21+,23-,24+,25-,26-/m0/s1. The quantitative estimate of drug-likeness (QED) is 0.541. The number of nitrogens with zero attached hydrogens (tertiary/aromatic N) is 2. The molecule has 1 aromatic rings. The van der Waals surface area contributed by atoms with Crippen LogP contribution in [-0.4, -0.2) is 87.9 Å². The Morgan fingerprint density at radius 3 is 2.57 bits per heavy atom. The van der Waals surface area contributed by atoms with Crippen LogP contribution in [0.2, 0.25) is 0 Å². The molecule has 1 spiro atoms. The molecule has 4 heterocycles. The van der Waals surface area contributed by atoms with E-state index in [2.05, 4.69) is 4.90 Å². The van der Waals surface area contributed by atoms with E-state index in [1.165, 1.54) is 33.2 Å². The number of rotatable bonds is 4. The van der Waals surface area contributed by atoms with Gasteiger partial charge in [-0.3, -0.25) is 19.3 Å². The molecular weight excluding hydrogens is 484 g/mol. The molecule has 4 bridgehead atoms. The predicted molar refractivity (Wildman–Crippen MR) is 127 cm³/mol. The maximum Gasteiger partial charge on any atom is 0.304 e. The Bertz CT molecular complexity index is 1200. The Labute approximate surface area is 214 Å². The van der Waals surface area contributed by atoms with Crippen LogP contribution in [0.25, 0.3) is 0 Å². The van der Waals surface area contributed by atoms with E-state index in [0.717, 1.165) is 0 Å². The highest BCUT2D eigenvalue weighted by atomic mass is 16.7. The summed E-state index contributed by atoms with van der Waals surface area (Å²) in [6.07, 6.45) is -1.30. The smallest absolute Gasteiger partial charge is 0.304 e. The number of hydrogen-bond acceptors (Lipinski definition) is 10. The molecule has 0 aromatic heterocycles. The Hall–Kier alpha value is -2.73. The van der Waals surface area contributed by atoms with Crippen LogP contribution < -0.4 is 14.4 Å². The van der Waals surface area contributed by atoms with Crippen molar-refractivity contribution in [2.45, 2.75) is 56.0 Å². The molecule has 0 unspecified atom stereocenters. The zero-order valence-electron chi connectivity index (χ0n) is 21.9. The monoisotopic (exact) mass is 516 g/mol. The third-order valence-corrected chi connectivity index (χ3v) is 9.05. The molecule has 6 rings (SSSR count). The zero-order chi connectivity index (χ0) is 26.5. The van der Waals surface area contributed by atoms with Crippen LogP contribution in [0, 0.1) is 11.8 Å². The third-order valence-electron chi connectivity index (χ3n) is 9.05. The first-order valence-corrected chi connectivity index (χ1v) is 12.5. The molecule has 1 saturated carbocycles. The van der Waals surface area contributed by atoms with Gasteiger partial charge in [0.05, 0.1) is 18.7 Å². The number of ether oxygens (including phenoxy) is 6. The average Bonchev–Trinajstić information content (AvgIpc) is 3.31. The normalized spacial score (nSPS) is 39.9. The van der Waals surface area contributed by atoms with Gasteiger partial charge in [0, 0.05) is 27.1 Å². The summed E-state index contributed by atoms with van der Waals surface area (Å²) in [6, 6.07) is 3.49.